The molecule has 5 heterocycles. The van der Waals surface area contributed by atoms with Gasteiger partial charge in [0.05, 0.1) is 6.54 Å². The van der Waals surface area contributed by atoms with Crippen LogP contribution in [0.15, 0.2) is 47.2 Å². The highest BCUT2D eigenvalue weighted by Gasteiger charge is 2.27. The van der Waals surface area contributed by atoms with Gasteiger partial charge in [-0.1, -0.05) is 18.2 Å². The molecule has 3 aromatic heterocycles. The summed E-state index contributed by atoms with van der Waals surface area (Å²) < 4.78 is 2.11. The van der Waals surface area contributed by atoms with Gasteiger partial charge in [-0.25, -0.2) is 4.98 Å². The Morgan fingerprint density at radius 1 is 0.909 bits per heavy atom. The molecule has 0 bridgehead atoms. The summed E-state index contributed by atoms with van der Waals surface area (Å²) in [5, 5.41) is 14.0. The maximum absolute atomic E-state index is 13.1. The smallest absolute Gasteiger partial charge is 0.254 e. The molecule has 0 atom stereocenters. The van der Waals surface area contributed by atoms with Crippen LogP contribution < -0.4 is 4.90 Å². The van der Waals surface area contributed by atoms with Crippen molar-refractivity contribution in [2.45, 2.75) is 32.4 Å². The number of amides is 1. The van der Waals surface area contributed by atoms with Crippen molar-refractivity contribution >= 4 is 33.7 Å². The summed E-state index contributed by atoms with van der Waals surface area (Å²) in [6.07, 6.45) is 3.77. The molecular formula is C24H24N6OS2. The second-order valence-electron chi connectivity index (χ2n) is 8.44. The zero-order chi connectivity index (χ0) is 22.2. The Labute approximate surface area is 200 Å². The van der Waals surface area contributed by atoms with Crippen molar-refractivity contribution in [1.82, 2.24) is 24.6 Å². The molecule has 0 saturated carbocycles. The van der Waals surface area contributed by atoms with Gasteiger partial charge >= 0.3 is 0 Å². The third-order valence-electron chi connectivity index (χ3n) is 6.33. The van der Waals surface area contributed by atoms with Crippen LogP contribution in [0.25, 0.3) is 22.0 Å². The van der Waals surface area contributed by atoms with Gasteiger partial charge in [0.2, 0.25) is 0 Å². The first-order chi connectivity index (χ1) is 16.3. The van der Waals surface area contributed by atoms with Crippen molar-refractivity contribution in [3.8, 4) is 22.0 Å². The van der Waals surface area contributed by atoms with Crippen LogP contribution in [-0.2, 0) is 13.1 Å². The van der Waals surface area contributed by atoms with E-state index < -0.39 is 0 Å². The fourth-order valence-electron chi connectivity index (χ4n) is 4.52. The summed E-state index contributed by atoms with van der Waals surface area (Å²) in [7, 11) is 0. The van der Waals surface area contributed by atoms with Crippen LogP contribution in [0.3, 0.4) is 0 Å². The van der Waals surface area contributed by atoms with Gasteiger partial charge in [0, 0.05) is 42.0 Å². The van der Waals surface area contributed by atoms with E-state index in [9.17, 15) is 4.79 Å². The molecule has 7 nitrogen and oxygen atoms in total. The first-order valence-corrected chi connectivity index (χ1v) is 13.1. The van der Waals surface area contributed by atoms with Crippen molar-refractivity contribution in [2.75, 3.05) is 24.5 Å². The minimum Gasteiger partial charge on any atom is -0.348 e. The number of carbonyl (C=O) groups excluding carboxylic acids is 1. The second kappa shape index (κ2) is 8.72. The molecule has 9 heteroatoms. The minimum atomic E-state index is 0.0320. The summed E-state index contributed by atoms with van der Waals surface area (Å²) in [5.41, 5.74) is 2.72. The molecule has 0 spiro atoms. The zero-order valence-corrected chi connectivity index (χ0v) is 19.8. The molecule has 0 unspecified atom stereocenters. The summed E-state index contributed by atoms with van der Waals surface area (Å²) in [4.78, 5) is 23.4. The normalized spacial score (nSPS) is 16.1. The fourth-order valence-corrected chi connectivity index (χ4v) is 6.11. The van der Waals surface area contributed by atoms with E-state index in [0.29, 0.717) is 25.2 Å². The molecule has 2 aliphatic rings. The number of anilines is 1. The van der Waals surface area contributed by atoms with E-state index >= 15 is 0 Å². The zero-order valence-electron chi connectivity index (χ0n) is 18.2. The number of fused-ring (bicyclic) bond motifs is 1. The molecule has 33 heavy (non-hydrogen) atoms. The maximum Gasteiger partial charge on any atom is 0.254 e. The minimum absolute atomic E-state index is 0.0320. The Bertz CT molecular complexity index is 1250. The number of nitrogens with zero attached hydrogens (tertiary/aromatic N) is 6. The van der Waals surface area contributed by atoms with Crippen molar-refractivity contribution in [1.29, 1.82) is 0 Å². The lowest BCUT2D eigenvalue weighted by Crippen LogP contribution is -2.38. The summed E-state index contributed by atoms with van der Waals surface area (Å²) >= 11 is 3.38. The summed E-state index contributed by atoms with van der Waals surface area (Å²) in [6.45, 7) is 3.92. The van der Waals surface area contributed by atoms with Gasteiger partial charge in [0.15, 0.2) is 16.8 Å². The average Bonchev–Trinajstić information content (AvgIpc) is 3.64. The van der Waals surface area contributed by atoms with Crippen molar-refractivity contribution in [3.05, 3.63) is 58.5 Å². The van der Waals surface area contributed by atoms with Crippen LogP contribution in [0.4, 0.5) is 5.13 Å². The van der Waals surface area contributed by atoms with Crippen molar-refractivity contribution in [3.63, 3.8) is 0 Å². The SMILES string of the molecule is O=C(c1ccc(-c2cccs2)cc1)N1CCn2c(nnc2-c2csc(N3CCCCC3)n2)C1. The first-order valence-electron chi connectivity index (χ1n) is 11.3. The quantitative estimate of drug-likeness (QED) is 0.424. The summed E-state index contributed by atoms with van der Waals surface area (Å²) in [5.74, 6) is 1.65. The molecule has 168 valence electrons. The number of thiazole rings is 1. The van der Waals surface area contributed by atoms with Gasteiger partial charge < -0.3 is 14.4 Å². The summed E-state index contributed by atoms with van der Waals surface area (Å²) in [6, 6.07) is 12.0. The van der Waals surface area contributed by atoms with Gasteiger partial charge in [-0.05, 0) is 48.4 Å². The molecular weight excluding hydrogens is 452 g/mol. The van der Waals surface area contributed by atoms with E-state index in [2.05, 4.69) is 36.5 Å². The number of piperidine rings is 1. The molecule has 0 N–H and O–H groups in total. The van der Waals surface area contributed by atoms with Crippen LogP contribution in [0.5, 0.6) is 0 Å². The first kappa shape index (κ1) is 20.6. The molecule has 1 aromatic carbocycles. The number of rotatable bonds is 4. The Morgan fingerprint density at radius 3 is 2.55 bits per heavy atom. The predicted octanol–water partition coefficient (Wildman–Crippen LogP) is 4.78. The molecule has 1 fully saturated rings. The largest absolute Gasteiger partial charge is 0.348 e. The number of thiophene rings is 1. The molecule has 2 aliphatic heterocycles. The fraction of sp³-hybridized carbons (Fsp3) is 0.333. The number of benzene rings is 1. The second-order valence-corrected chi connectivity index (χ2v) is 10.2. The Kier molecular flexibility index (Phi) is 5.43. The van der Waals surface area contributed by atoms with Crippen LogP contribution in [0, 0.1) is 0 Å². The lowest BCUT2D eigenvalue weighted by atomic mass is 10.1. The van der Waals surface area contributed by atoms with Crippen LogP contribution in [-0.4, -0.2) is 50.2 Å². The van der Waals surface area contributed by atoms with E-state index in [-0.39, 0.29) is 5.91 Å². The molecule has 0 radical (unpaired) electrons. The highest BCUT2D eigenvalue weighted by molar-refractivity contribution is 7.14. The lowest BCUT2D eigenvalue weighted by molar-refractivity contribution is 0.0708. The van der Waals surface area contributed by atoms with Crippen LogP contribution >= 0.6 is 22.7 Å². The Hall–Kier alpha value is -3.04. The monoisotopic (exact) mass is 476 g/mol. The number of hydrogen-bond acceptors (Lipinski definition) is 7. The van der Waals surface area contributed by atoms with Crippen molar-refractivity contribution < 1.29 is 4.79 Å². The third kappa shape index (κ3) is 3.95. The van der Waals surface area contributed by atoms with Crippen molar-refractivity contribution in [2.24, 2.45) is 0 Å². The van der Waals surface area contributed by atoms with Crippen LogP contribution in [0.2, 0.25) is 0 Å². The third-order valence-corrected chi connectivity index (χ3v) is 8.15. The molecule has 4 aromatic rings. The maximum atomic E-state index is 13.1. The Morgan fingerprint density at radius 2 is 1.76 bits per heavy atom. The lowest BCUT2D eigenvalue weighted by Gasteiger charge is -2.28. The van der Waals surface area contributed by atoms with Gasteiger partial charge in [-0.3, -0.25) is 4.79 Å². The number of hydrogen-bond donors (Lipinski definition) is 0. The van der Waals surface area contributed by atoms with Gasteiger partial charge in [-0.2, -0.15) is 0 Å². The van der Waals surface area contributed by atoms with E-state index in [1.54, 1.807) is 22.7 Å². The van der Waals surface area contributed by atoms with E-state index in [1.165, 1.54) is 24.1 Å². The number of aromatic nitrogens is 4. The van der Waals surface area contributed by atoms with Crippen LogP contribution in [0.1, 0.15) is 35.4 Å². The van der Waals surface area contributed by atoms with E-state index in [0.717, 1.165) is 41.1 Å². The molecule has 1 saturated heterocycles. The van der Waals surface area contributed by atoms with E-state index in [4.69, 9.17) is 4.98 Å². The highest BCUT2D eigenvalue weighted by atomic mass is 32.1. The number of carbonyl (C=O) groups is 1. The predicted molar refractivity (Wildman–Crippen MR) is 132 cm³/mol. The molecule has 0 aliphatic carbocycles. The standard InChI is InChI=1S/C24H24N6OS2/c31-23(18-8-6-17(7-9-18)20-5-4-14-32-20)29-12-13-30-21(15-29)26-27-22(30)19-16-33-24(25-19)28-10-2-1-3-11-28/h4-9,14,16H,1-3,10-13,15H2. The van der Waals surface area contributed by atoms with Gasteiger partial charge in [0.1, 0.15) is 5.69 Å². The molecule has 1 amide bonds. The Balaban J connectivity index is 1.17. The van der Waals surface area contributed by atoms with Gasteiger partial charge in [-0.15, -0.1) is 32.9 Å². The molecule has 6 rings (SSSR count). The average molecular weight is 477 g/mol. The highest BCUT2D eigenvalue weighted by Crippen LogP contribution is 2.30. The van der Waals surface area contributed by atoms with Gasteiger partial charge in [0.25, 0.3) is 5.91 Å². The topological polar surface area (TPSA) is 67.2 Å². The van der Waals surface area contributed by atoms with E-state index in [1.807, 2.05) is 35.2 Å².